The summed E-state index contributed by atoms with van der Waals surface area (Å²) in [7, 11) is 0. The fourth-order valence-electron chi connectivity index (χ4n) is 0.904. The first-order chi connectivity index (χ1) is 6.25. The molecule has 0 fully saturated rings. The third-order valence-corrected chi connectivity index (χ3v) is 1.66. The van der Waals surface area contributed by atoms with E-state index in [0.717, 1.165) is 0 Å². The predicted octanol–water partition coefficient (Wildman–Crippen LogP) is 2.63. The lowest BCUT2D eigenvalue weighted by Crippen LogP contribution is -1.99. The van der Waals surface area contributed by atoms with Crippen LogP contribution in [0.2, 0.25) is 0 Å². The van der Waals surface area contributed by atoms with Gasteiger partial charge in [-0.05, 0) is 23.7 Å². The summed E-state index contributed by atoms with van der Waals surface area (Å²) in [6, 6.07) is 6.82. The van der Waals surface area contributed by atoms with Crippen molar-refractivity contribution in [3.63, 3.8) is 0 Å². The molecule has 1 aromatic carbocycles. The molecule has 1 aromatic rings. The topological polar surface area (TPSA) is 26.3 Å². The first-order valence-corrected chi connectivity index (χ1v) is 4.16. The number of hydrogen-bond acceptors (Lipinski definition) is 2. The zero-order valence-electron chi connectivity index (χ0n) is 7.00. The van der Waals surface area contributed by atoms with E-state index in [1.807, 2.05) is 0 Å². The lowest BCUT2D eigenvalue weighted by atomic mass is 10.2. The van der Waals surface area contributed by atoms with Crippen molar-refractivity contribution in [2.45, 2.75) is 0 Å². The second kappa shape index (κ2) is 4.67. The van der Waals surface area contributed by atoms with Gasteiger partial charge in [0.15, 0.2) is 0 Å². The van der Waals surface area contributed by atoms with Gasteiger partial charge in [-0.1, -0.05) is 24.8 Å². The maximum absolute atomic E-state index is 10.9. The Morgan fingerprint density at radius 2 is 2.23 bits per heavy atom. The van der Waals surface area contributed by atoms with Crippen LogP contribution >= 0.6 is 11.6 Å². The normalized spacial score (nSPS) is 9.31. The average molecular weight is 197 g/mol. The third-order valence-electron chi connectivity index (χ3n) is 1.46. The molecule has 68 valence electrons. The molecule has 0 heterocycles. The summed E-state index contributed by atoms with van der Waals surface area (Å²) in [5.41, 5.74) is 0.381. The molecule has 0 atom stereocenters. The lowest BCUT2D eigenvalue weighted by molar-refractivity contribution is 0.107. The highest BCUT2D eigenvalue weighted by Crippen LogP contribution is 2.19. The van der Waals surface area contributed by atoms with Gasteiger partial charge < -0.3 is 4.74 Å². The molecule has 0 aliphatic heterocycles. The van der Waals surface area contributed by atoms with Crippen LogP contribution in [0.1, 0.15) is 10.4 Å². The van der Waals surface area contributed by atoms with Crippen molar-refractivity contribution in [3.8, 4) is 5.75 Å². The van der Waals surface area contributed by atoms with E-state index in [4.69, 9.17) is 16.3 Å². The molecule has 1 rings (SSSR count). The molecule has 0 saturated heterocycles. The Labute approximate surface area is 81.8 Å². The Hall–Kier alpha value is -1.28. The average Bonchev–Trinajstić information content (AvgIpc) is 2.15. The SMILES string of the molecule is C=CCOc1ccccc1C(=O)Cl. The molecule has 0 amide bonds. The van der Waals surface area contributed by atoms with Gasteiger partial charge in [0.2, 0.25) is 0 Å². The van der Waals surface area contributed by atoms with Gasteiger partial charge in [-0.15, -0.1) is 0 Å². The molecule has 0 aliphatic rings. The number of hydrogen-bond donors (Lipinski definition) is 0. The maximum Gasteiger partial charge on any atom is 0.256 e. The van der Waals surface area contributed by atoms with Gasteiger partial charge in [0.25, 0.3) is 5.24 Å². The third kappa shape index (κ3) is 2.60. The van der Waals surface area contributed by atoms with Crippen molar-refractivity contribution in [2.24, 2.45) is 0 Å². The Kier molecular flexibility index (Phi) is 3.53. The quantitative estimate of drug-likeness (QED) is 0.547. The van der Waals surface area contributed by atoms with E-state index in [9.17, 15) is 4.79 Å². The molecule has 0 spiro atoms. The van der Waals surface area contributed by atoms with Crippen molar-refractivity contribution < 1.29 is 9.53 Å². The van der Waals surface area contributed by atoms with Crippen molar-refractivity contribution in [1.29, 1.82) is 0 Å². The minimum absolute atomic E-state index is 0.362. The number of benzene rings is 1. The Morgan fingerprint density at radius 3 is 2.85 bits per heavy atom. The first kappa shape index (κ1) is 9.81. The number of rotatable bonds is 4. The number of carbonyl (C=O) groups excluding carboxylic acids is 1. The van der Waals surface area contributed by atoms with Crippen molar-refractivity contribution in [1.82, 2.24) is 0 Å². The van der Waals surface area contributed by atoms with Gasteiger partial charge >= 0.3 is 0 Å². The summed E-state index contributed by atoms with van der Waals surface area (Å²) in [4.78, 5) is 10.9. The highest BCUT2D eigenvalue weighted by atomic mass is 35.5. The molecule has 13 heavy (non-hydrogen) atoms. The van der Waals surface area contributed by atoms with Crippen LogP contribution in [0.3, 0.4) is 0 Å². The minimum Gasteiger partial charge on any atom is -0.489 e. The smallest absolute Gasteiger partial charge is 0.256 e. The van der Waals surface area contributed by atoms with Crippen LogP contribution in [-0.2, 0) is 0 Å². The summed E-state index contributed by atoms with van der Waals surface area (Å²) in [5.74, 6) is 0.488. The molecule has 2 nitrogen and oxygen atoms in total. The zero-order chi connectivity index (χ0) is 9.68. The monoisotopic (exact) mass is 196 g/mol. The maximum atomic E-state index is 10.9. The predicted molar refractivity (Wildman–Crippen MR) is 52.3 cm³/mol. The minimum atomic E-state index is -0.514. The molecule has 0 aliphatic carbocycles. The molecule has 0 radical (unpaired) electrons. The van der Waals surface area contributed by atoms with E-state index in [-0.39, 0.29) is 0 Å². The van der Waals surface area contributed by atoms with E-state index < -0.39 is 5.24 Å². The van der Waals surface area contributed by atoms with Crippen molar-refractivity contribution in [3.05, 3.63) is 42.5 Å². The fraction of sp³-hybridized carbons (Fsp3) is 0.100. The number of para-hydroxylation sites is 1. The molecule has 3 heteroatoms. The van der Waals surface area contributed by atoms with E-state index in [2.05, 4.69) is 6.58 Å². The molecular weight excluding hydrogens is 188 g/mol. The molecule has 0 aromatic heterocycles. The van der Waals surface area contributed by atoms with Crippen molar-refractivity contribution >= 4 is 16.8 Å². The fourth-order valence-corrected chi connectivity index (χ4v) is 1.06. The van der Waals surface area contributed by atoms with Crippen LogP contribution in [-0.4, -0.2) is 11.8 Å². The van der Waals surface area contributed by atoms with Gasteiger partial charge in [-0.25, -0.2) is 0 Å². The van der Waals surface area contributed by atoms with E-state index in [0.29, 0.717) is 17.9 Å². The van der Waals surface area contributed by atoms with Crippen LogP contribution in [0.15, 0.2) is 36.9 Å². The highest BCUT2D eigenvalue weighted by molar-refractivity contribution is 6.68. The Balaban J connectivity index is 2.90. The summed E-state index contributed by atoms with van der Waals surface area (Å²) in [5, 5.41) is -0.514. The molecule has 0 bridgehead atoms. The van der Waals surface area contributed by atoms with Gasteiger partial charge in [-0.2, -0.15) is 0 Å². The van der Waals surface area contributed by atoms with Crippen LogP contribution in [0.4, 0.5) is 0 Å². The van der Waals surface area contributed by atoms with Gasteiger partial charge in [0.1, 0.15) is 12.4 Å². The molecule has 0 N–H and O–H groups in total. The van der Waals surface area contributed by atoms with Crippen LogP contribution in [0.25, 0.3) is 0 Å². The lowest BCUT2D eigenvalue weighted by Gasteiger charge is -2.05. The van der Waals surface area contributed by atoms with Crippen LogP contribution in [0.5, 0.6) is 5.75 Å². The van der Waals surface area contributed by atoms with Crippen LogP contribution < -0.4 is 4.74 Å². The highest BCUT2D eigenvalue weighted by Gasteiger charge is 2.07. The first-order valence-electron chi connectivity index (χ1n) is 3.78. The van der Waals surface area contributed by atoms with E-state index >= 15 is 0 Å². The Morgan fingerprint density at radius 1 is 1.54 bits per heavy atom. The molecular formula is C10H9ClO2. The van der Waals surface area contributed by atoms with Crippen molar-refractivity contribution in [2.75, 3.05) is 6.61 Å². The van der Waals surface area contributed by atoms with Gasteiger partial charge in [-0.3, -0.25) is 4.79 Å². The summed E-state index contributed by atoms with van der Waals surface area (Å²) in [6.07, 6.45) is 1.61. The number of ether oxygens (including phenoxy) is 1. The van der Waals surface area contributed by atoms with Gasteiger partial charge in [0.05, 0.1) is 5.56 Å². The van der Waals surface area contributed by atoms with E-state index in [1.165, 1.54) is 0 Å². The van der Waals surface area contributed by atoms with Crippen LogP contribution in [0, 0.1) is 0 Å². The summed E-state index contributed by atoms with van der Waals surface area (Å²) >= 11 is 5.34. The Bertz CT molecular complexity index is 320. The summed E-state index contributed by atoms with van der Waals surface area (Å²) < 4.78 is 5.22. The zero-order valence-corrected chi connectivity index (χ0v) is 7.75. The van der Waals surface area contributed by atoms with E-state index in [1.54, 1.807) is 30.3 Å². The molecule has 0 saturated carbocycles. The second-order valence-electron chi connectivity index (χ2n) is 2.37. The summed E-state index contributed by atoms with van der Waals surface area (Å²) in [6.45, 7) is 3.87. The largest absolute Gasteiger partial charge is 0.489 e. The number of halogens is 1. The standard InChI is InChI=1S/C10H9ClO2/c1-2-7-13-9-6-4-3-5-8(9)10(11)12/h2-6H,1,7H2. The van der Waals surface area contributed by atoms with Gasteiger partial charge in [0, 0.05) is 0 Å². The number of carbonyl (C=O) groups is 1. The second-order valence-corrected chi connectivity index (χ2v) is 2.71. The molecule has 0 unspecified atom stereocenters.